The molecule has 2 rings (SSSR count). The van der Waals surface area contributed by atoms with E-state index in [0.717, 1.165) is 17.0 Å². The Balaban J connectivity index is 2.25. The molecule has 0 atom stereocenters. The molecule has 0 unspecified atom stereocenters. The minimum absolute atomic E-state index is 0.408. The van der Waals surface area contributed by atoms with Gasteiger partial charge in [0.1, 0.15) is 11.5 Å². The Morgan fingerprint density at radius 3 is 2.83 bits per heavy atom. The lowest BCUT2D eigenvalue weighted by molar-refractivity contribution is 0.476. The Labute approximate surface area is 112 Å². The summed E-state index contributed by atoms with van der Waals surface area (Å²) in [5.74, 6) is 1.88. The second-order valence-electron chi connectivity index (χ2n) is 4.11. The van der Waals surface area contributed by atoms with Gasteiger partial charge in [0, 0.05) is 37.6 Å². The fourth-order valence-electron chi connectivity index (χ4n) is 1.56. The number of halogens is 1. The van der Waals surface area contributed by atoms with E-state index in [9.17, 15) is 0 Å². The van der Waals surface area contributed by atoms with Gasteiger partial charge in [-0.2, -0.15) is 0 Å². The van der Waals surface area contributed by atoms with E-state index in [1.165, 1.54) is 0 Å². The molecule has 0 saturated heterocycles. The summed E-state index contributed by atoms with van der Waals surface area (Å²) in [4.78, 5) is 6.08. The number of hydrogen-bond acceptors (Lipinski definition) is 3. The van der Waals surface area contributed by atoms with Crippen LogP contribution >= 0.6 is 11.6 Å². The van der Waals surface area contributed by atoms with Gasteiger partial charge in [-0.3, -0.25) is 4.98 Å². The maximum absolute atomic E-state index is 5.86. The van der Waals surface area contributed by atoms with Crippen molar-refractivity contribution in [1.29, 1.82) is 0 Å². The Kier molecular flexibility index (Phi) is 4.05. The molecule has 0 bridgehead atoms. The number of alkyl halides is 1. The third-order valence-electron chi connectivity index (χ3n) is 2.58. The molecule has 0 aliphatic carbocycles. The molecule has 0 N–H and O–H groups in total. The van der Waals surface area contributed by atoms with Gasteiger partial charge in [-0.15, -0.1) is 11.6 Å². The first-order chi connectivity index (χ1) is 8.70. The zero-order valence-electron chi connectivity index (χ0n) is 10.4. The van der Waals surface area contributed by atoms with Gasteiger partial charge in [0.15, 0.2) is 0 Å². The number of pyridine rings is 1. The molecule has 1 aromatic heterocycles. The van der Waals surface area contributed by atoms with E-state index in [4.69, 9.17) is 16.3 Å². The maximum atomic E-state index is 5.86. The van der Waals surface area contributed by atoms with Gasteiger partial charge in [0.2, 0.25) is 0 Å². The second-order valence-corrected chi connectivity index (χ2v) is 4.38. The Morgan fingerprint density at radius 1 is 1.28 bits per heavy atom. The lowest BCUT2D eigenvalue weighted by Gasteiger charge is -2.14. The summed E-state index contributed by atoms with van der Waals surface area (Å²) in [7, 11) is 3.99. The van der Waals surface area contributed by atoms with Gasteiger partial charge in [0.05, 0.1) is 12.1 Å². The molecule has 0 fully saturated rings. The van der Waals surface area contributed by atoms with Crippen molar-refractivity contribution >= 4 is 17.3 Å². The van der Waals surface area contributed by atoms with Crippen LogP contribution in [-0.2, 0) is 5.88 Å². The first kappa shape index (κ1) is 12.7. The van der Waals surface area contributed by atoms with Crippen LogP contribution < -0.4 is 9.64 Å². The van der Waals surface area contributed by atoms with Crippen molar-refractivity contribution < 1.29 is 4.74 Å². The van der Waals surface area contributed by atoms with Crippen LogP contribution in [0.4, 0.5) is 5.69 Å². The summed E-state index contributed by atoms with van der Waals surface area (Å²) in [6.45, 7) is 0. The van der Waals surface area contributed by atoms with Crippen LogP contribution in [-0.4, -0.2) is 19.1 Å². The lowest BCUT2D eigenvalue weighted by Crippen LogP contribution is -2.08. The van der Waals surface area contributed by atoms with Crippen molar-refractivity contribution in [1.82, 2.24) is 4.98 Å². The molecule has 0 aliphatic rings. The van der Waals surface area contributed by atoms with Crippen molar-refractivity contribution in [3.05, 3.63) is 48.3 Å². The lowest BCUT2D eigenvalue weighted by atomic mass is 10.2. The summed E-state index contributed by atoms with van der Waals surface area (Å²) < 4.78 is 5.82. The molecular weight excluding hydrogens is 248 g/mol. The van der Waals surface area contributed by atoms with Crippen LogP contribution in [0, 0.1) is 0 Å². The zero-order chi connectivity index (χ0) is 13.0. The zero-order valence-corrected chi connectivity index (χ0v) is 11.2. The average Bonchev–Trinajstić information content (AvgIpc) is 2.39. The van der Waals surface area contributed by atoms with Crippen LogP contribution in [0.2, 0.25) is 0 Å². The van der Waals surface area contributed by atoms with Crippen LogP contribution in [0.5, 0.6) is 11.5 Å². The highest BCUT2D eigenvalue weighted by atomic mass is 35.5. The fourth-order valence-corrected chi connectivity index (χ4v) is 1.78. The monoisotopic (exact) mass is 262 g/mol. The van der Waals surface area contributed by atoms with Crippen LogP contribution in [0.15, 0.2) is 42.7 Å². The Morgan fingerprint density at radius 2 is 2.11 bits per heavy atom. The Bertz CT molecular complexity index is 529. The first-order valence-electron chi connectivity index (χ1n) is 5.65. The second kappa shape index (κ2) is 5.74. The number of rotatable bonds is 4. The highest BCUT2D eigenvalue weighted by Gasteiger charge is 2.05. The normalized spacial score (nSPS) is 10.2. The van der Waals surface area contributed by atoms with E-state index in [-0.39, 0.29) is 0 Å². The van der Waals surface area contributed by atoms with Crippen molar-refractivity contribution in [3.63, 3.8) is 0 Å². The van der Waals surface area contributed by atoms with E-state index in [0.29, 0.717) is 11.6 Å². The average molecular weight is 263 g/mol. The summed E-state index contributed by atoms with van der Waals surface area (Å²) in [6.07, 6.45) is 3.39. The van der Waals surface area contributed by atoms with Crippen molar-refractivity contribution in [3.8, 4) is 11.5 Å². The van der Waals surface area contributed by atoms with Crippen LogP contribution in [0.1, 0.15) is 5.56 Å². The molecule has 1 heterocycles. The third kappa shape index (κ3) is 2.93. The SMILES string of the molecule is CN(C)c1cccc(Oc2cnccc2CCl)c1. The number of ether oxygens (including phenoxy) is 1. The van der Waals surface area contributed by atoms with Gasteiger partial charge in [-0.1, -0.05) is 6.07 Å². The largest absolute Gasteiger partial charge is 0.455 e. The number of hydrogen-bond donors (Lipinski definition) is 0. The highest BCUT2D eigenvalue weighted by molar-refractivity contribution is 6.17. The number of nitrogens with zero attached hydrogens (tertiary/aromatic N) is 2. The molecule has 0 radical (unpaired) electrons. The third-order valence-corrected chi connectivity index (χ3v) is 2.86. The molecule has 3 nitrogen and oxygen atoms in total. The molecule has 0 spiro atoms. The Hall–Kier alpha value is -1.74. The molecule has 1 aromatic carbocycles. The molecule has 4 heteroatoms. The smallest absolute Gasteiger partial charge is 0.150 e. The summed E-state index contributed by atoms with van der Waals surface area (Å²) in [6, 6.07) is 9.74. The van der Waals surface area contributed by atoms with Gasteiger partial charge in [-0.05, 0) is 18.2 Å². The highest BCUT2D eigenvalue weighted by Crippen LogP contribution is 2.27. The molecule has 94 valence electrons. The van der Waals surface area contributed by atoms with E-state index in [1.54, 1.807) is 12.4 Å². The van der Waals surface area contributed by atoms with Gasteiger partial charge in [-0.25, -0.2) is 0 Å². The minimum atomic E-state index is 0.408. The summed E-state index contributed by atoms with van der Waals surface area (Å²) >= 11 is 5.86. The molecule has 2 aromatic rings. The van der Waals surface area contributed by atoms with Crippen molar-refractivity contribution in [2.75, 3.05) is 19.0 Å². The molecule has 0 aliphatic heterocycles. The molecular formula is C14H15ClN2O. The predicted octanol–water partition coefficient (Wildman–Crippen LogP) is 3.68. The first-order valence-corrected chi connectivity index (χ1v) is 6.18. The van der Waals surface area contributed by atoms with Gasteiger partial charge < -0.3 is 9.64 Å². The maximum Gasteiger partial charge on any atom is 0.150 e. The van der Waals surface area contributed by atoms with Crippen LogP contribution in [0.3, 0.4) is 0 Å². The standard InChI is InChI=1S/C14H15ClN2O/c1-17(2)12-4-3-5-13(8-12)18-14-10-16-7-6-11(14)9-15/h3-8,10H,9H2,1-2H3. The summed E-state index contributed by atoms with van der Waals surface area (Å²) in [5.41, 5.74) is 2.02. The van der Waals surface area contributed by atoms with E-state index < -0.39 is 0 Å². The van der Waals surface area contributed by atoms with E-state index in [1.807, 2.05) is 49.3 Å². The predicted molar refractivity (Wildman–Crippen MR) is 74.6 cm³/mol. The van der Waals surface area contributed by atoms with Crippen molar-refractivity contribution in [2.24, 2.45) is 0 Å². The van der Waals surface area contributed by atoms with Crippen molar-refractivity contribution in [2.45, 2.75) is 5.88 Å². The van der Waals surface area contributed by atoms with Gasteiger partial charge in [0.25, 0.3) is 0 Å². The van der Waals surface area contributed by atoms with Gasteiger partial charge >= 0.3 is 0 Å². The number of anilines is 1. The topological polar surface area (TPSA) is 25.4 Å². The molecule has 18 heavy (non-hydrogen) atoms. The number of aromatic nitrogens is 1. The summed E-state index contributed by atoms with van der Waals surface area (Å²) in [5, 5.41) is 0. The van der Waals surface area contributed by atoms with E-state index in [2.05, 4.69) is 4.98 Å². The van der Waals surface area contributed by atoms with E-state index >= 15 is 0 Å². The van der Waals surface area contributed by atoms with Crippen LogP contribution in [0.25, 0.3) is 0 Å². The quantitative estimate of drug-likeness (QED) is 0.786. The minimum Gasteiger partial charge on any atom is -0.455 e. The number of benzene rings is 1. The molecule has 0 amide bonds. The fraction of sp³-hybridized carbons (Fsp3) is 0.214. The molecule has 0 saturated carbocycles.